The van der Waals surface area contributed by atoms with E-state index in [2.05, 4.69) is 0 Å². The highest BCUT2D eigenvalue weighted by Gasteiger charge is 2.14. The average molecular weight is 289 g/mol. The first-order valence-corrected chi connectivity index (χ1v) is 6.14. The molecule has 21 heavy (non-hydrogen) atoms. The zero-order chi connectivity index (χ0) is 15.4. The number of non-ortho nitro benzene ring substituents is 1. The summed E-state index contributed by atoms with van der Waals surface area (Å²) in [4.78, 5) is 22.0. The maximum Gasteiger partial charge on any atom is 0.273 e. The number of nitrogens with zero attached hydrogens (tertiary/aromatic N) is 1. The Balaban J connectivity index is 2.13. The molecule has 2 rings (SSSR count). The molecule has 2 aromatic rings. The van der Waals surface area contributed by atoms with Crippen LogP contribution >= 0.6 is 0 Å². The Labute approximate surface area is 120 Å². The van der Waals surface area contributed by atoms with Gasteiger partial charge in [-0.2, -0.15) is 0 Å². The fourth-order valence-corrected chi connectivity index (χ4v) is 1.77. The van der Waals surface area contributed by atoms with Gasteiger partial charge in [0.1, 0.15) is 11.6 Å². The van der Waals surface area contributed by atoms with Crippen molar-refractivity contribution >= 4 is 11.5 Å². The molecule has 0 fully saturated rings. The summed E-state index contributed by atoms with van der Waals surface area (Å²) in [6.07, 6.45) is 0. The number of rotatable bonds is 5. The Morgan fingerprint density at radius 1 is 1.29 bits per heavy atom. The van der Waals surface area contributed by atoms with E-state index >= 15 is 0 Å². The van der Waals surface area contributed by atoms with E-state index in [1.807, 2.05) is 0 Å². The van der Waals surface area contributed by atoms with Gasteiger partial charge in [-0.25, -0.2) is 4.39 Å². The second-order valence-corrected chi connectivity index (χ2v) is 4.40. The molecule has 2 aromatic carbocycles. The normalized spacial score (nSPS) is 10.2. The third-order valence-electron chi connectivity index (χ3n) is 2.92. The summed E-state index contributed by atoms with van der Waals surface area (Å²) in [6, 6.07) is 9.70. The third-order valence-corrected chi connectivity index (χ3v) is 2.92. The van der Waals surface area contributed by atoms with Crippen molar-refractivity contribution in [2.45, 2.75) is 6.92 Å². The Morgan fingerprint density at radius 2 is 2.00 bits per heavy atom. The van der Waals surface area contributed by atoms with Gasteiger partial charge in [-0.05, 0) is 30.7 Å². The number of Topliss-reactive ketones (excluding diaryl/α,β-unsaturated/α-hetero) is 1. The van der Waals surface area contributed by atoms with E-state index in [1.54, 1.807) is 13.0 Å². The lowest BCUT2D eigenvalue weighted by Crippen LogP contribution is -2.13. The molecule has 0 aliphatic heterocycles. The molecule has 0 N–H and O–H groups in total. The van der Waals surface area contributed by atoms with Gasteiger partial charge in [0.05, 0.1) is 16.6 Å². The van der Waals surface area contributed by atoms with Crippen LogP contribution in [0.4, 0.5) is 10.1 Å². The molecule has 0 saturated heterocycles. The minimum absolute atomic E-state index is 0.0689. The Kier molecular flexibility index (Phi) is 4.27. The van der Waals surface area contributed by atoms with Crippen LogP contribution in [0.15, 0.2) is 42.5 Å². The highest BCUT2D eigenvalue weighted by atomic mass is 19.1. The van der Waals surface area contributed by atoms with E-state index in [9.17, 15) is 19.3 Å². The number of hydrogen-bond donors (Lipinski definition) is 0. The number of ketones is 1. The van der Waals surface area contributed by atoms with Gasteiger partial charge in [0, 0.05) is 6.07 Å². The minimum Gasteiger partial charge on any atom is -0.485 e. The molecular weight excluding hydrogens is 277 g/mol. The molecule has 0 amide bonds. The summed E-state index contributed by atoms with van der Waals surface area (Å²) < 4.78 is 18.7. The molecule has 0 atom stereocenters. The van der Waals surface area contributed by atoms with Crippen LogP contribution in [0.5, 0.6) is 5.75 Å². The maximum atomic E-state index is 13.4. The van der Waals surface area contributed by atoms with Crippen molar-refractivity contribution in [2.75, 3.05) is 6.61 Å². The lowest BCUT2D eigenvalue weighted by molar-refractivity contribution is -0.384. The van der Waals surface area contributed by atoms with Crippen LogP contribution in [-0.4, -0.2) is 17.3 Å². The topological polar surface area (TPSA) is 69.4 Å². The molecule has 0 radical (unpaired) electrons. The minimum atomic E-state index is -0.623. The molecule has 0 unspecified atom stereocenters. The molecule has 0 spiro atoms. The number of nitro groups is 1. The van der Waals surface area contributed by atoms with E-state index in [0.29, 0.717) is 5.56 Å². The van der Waals surface area contributed by atoms with Crippen molar-refractivity contribution < 1.29 is 18.8 Å². The number of carbonyl (C=O) groups excluding carboxylic acids is 1. The summed E-state index contributed by atoms with van der Waals surface area (Å²) in [5, 5.41) is 10.7. The van der Waals surface area contributed by atoms with E-state index in [1.165, 1.54) is 36.4 Å². The zero-order valence-electron chi connectivity index (χ0n) is 11.2. The van der Waals surface area contributed by atoms with Crippen LogP contribution in [-0.2, 0) is 0 Å². The van der Waals surface area contributed by atoms with Crippen LogP contribution in [0, 0.1) is 22.9 Å². The van der Waals surface area contributed by atoms with Gasteiger partial charge in [0.15, 0.2) is 6.61 Å². The van der Waals surface area contributed by atoms with Crippen molar-refractivity contribution in [3.63, 3.8) is 0 Å². The van der Waals surface area contributed by atoms with Gasteiger partial charge in [-0.15, -0.1) is 0 Å². The average Bonchev–Trinajstić information content (AvgIpc) is 2.46. The van der Waals surface area contributed by atoms with Gasteiger partial charge >= 0.3 is 0 Å². The quantitative estimate of drug-likeness (QED) is 0.481. The van der Waals surface area contributed by atoms with E-state index in [4.69, 9.17) is 4.74 Å². The van der Waals surface area contributed by atoms with Gasteiger partial charge < -0.3 is 4.74 Å². The first kappa shape index (κ1) is 14.6. The first-order chi connectivity index (χ1) is 9.99. The monoisotopic (exact) mass is 289 g/mol. The highest BCUT2D eigenvalue weighted by Crippen LogP contribution is 2.24. The Morgan fingerprint density at radius 3 is 2.67 bits per heavy atom. The fourth-order valence-electron chi connectivity index (χ4n) is 1.77. The number of benzene rings is 2. The smallest absolute Gasteiger partial charge is 0.273 e. The lowest BCUT2D eigenvalue weighted by Gasteiger charge is -2.08. The number of ether oxygens (including phenoxy) is 1. The van der Waals surface area contributed by atoms with Crippen LogP contribution in [0.25, 0.3) is 0 Å². The SMILES string of the molecule is Cc1ccc([N+](=O)[O-])cc1OCC(=O)c1ccccc1F. The predicted octanol–water partition coefficient (Wildman–Crippen LogP) is 3.30. The second-order valence-electron chi connectivity index (χ2n) is 4.40. The molecule has 0 aromatic heterocycles. The number of hydrogen-bond acceptors (Lipinski definition) is 4. The van der Waals surface area contributed by atoms with Gasteiger partial charge in [-0.1, -0.05) is 12.1 Å². The van der Waals surface area contributed by atoms with E-state index in [-0.39, 0.29) is 23.6 Å². The van der Waals surface area contributed by atoms with Crippen molar-refractivity contribution in [2.24, 2.45) is 0 Å². The first-order valence-electron chi connectivity index (χ1n) is 6.14. The molecule has 6 heteroatoms. The van der Waals surface area contributed by atoms with Gasteiger partial charge in [0.25, 0.3) is 5.69 Å². The molecule has 0 saturated carbocycles. The number of nitro benzene ring substituents is 1. The molecule has 108 valence electrons. The predicted molar refractivity (Wildman–Crippen MR) is 74.1 cm³/mol. The molecule has 0 aliphatic carbocycles. The lowest BCUT2D eigenvalue weighted by atomic mass is 10.1. The Hall–Kier alpha value is -2.76. The molecule has 0 aliphatic rings. The molecule has 0 bridgehead atoms. The molecular formula is C15H12FNO4. The van der Waals surface area contributed by atoms with Crippen LogP contribution in [0.2, 0.25) is 0 Å². The molecule has 5 nitrogen and oxygen atoms in total. The maximum absolute atomic E-state index is 13.4. The third kappa shape index (κ3) is 3.42. The van der Waals surface area contributed by atoms with Gasteiger partial charge in [-0.3, -0.25) is 14.9 Å². The summed E-state index contributed by atoms with van der Waals surface area (Å²) in [5.74, 6) is -0.922. The summed E-state index contributed by atoms with van der Waals surface area (Å²) in [6.45, 7) is 1.32. The number of halogens is 1. The molecule has 0 heterocycles. The number of carbonyl (C=O) groups is 1. The highest BCUT2D eigenvalue weighted by molar-refractivity contribution is 5.97. The summed E-state index contributed by atoms with van der Waals surface area (Å²) >= 11 is 0. The Bertz CT molecular complexity index is 700. The largest absolute Gasteiger partial charge is 0.485 e. The summed E-state index contributed by atoms with van der Waals surface area (Å²) in [5.41, 5.74) is 0.455. The van der Waals surface area contributed by atoms with E-state index < -0.39 is 16.5 Å². The van der Waals surface area contributed by atoms with Crippen molar-refractivity contribution in [3.8, 4) is 5.75 Å². The van der Waals surface area contributed by atoms with Crippen molar-refractivity contribution in [1.82, 2.24) is 0 Å². The second kappa shape index (κ2) is 6.13. The van der Waals surface area contributed by atoms with Crippen LogP contribution in [0.1, 0.15) is 15.9 Å². The van der Waals surface area contributed by atoms with Gasteiger partial charge in [0.2, 0.25) is 5.78 Å². The summed E-state index contributed by atoms with van der Waals surface area (Å²) in [7, 11) is 0. The zero-order valence-corrected chi connectivity index (χ0v) is 11.2. The van der Waals surface area contributed by atoms with Crippen molar-refractivity contribution in [1.29, 1.82) is 0 Å². The van der Waals surface area contributed by atoms with E-state index in [0.717, 1.165) is 0 Å². The number of aryl methyl sites for hydroxylation is 1. The standard InChI is InChI=1S/C15H12FNO4/c1-10-6-7-11(17(19)20)8-15(10)21-9-14(18)12-4-2-3-5-13(12)16/h2-8H,9H2,1H3. The van der Waals surface area contributed by atoms with Crippen LogP contribution < -0.4 is 4.74 Å². The van der Waals surface area contributed by atoms with Crippen LogP contribution in [0.3, 0.4) is 0 Å². The van der Waals surface area contributed by atoms with Crippen molar-refractivity contribution in [3.05, 3.63) is 69.5 Å². The fraction of sp³-hybridized carbons (Fsp3) is 0.133.